The summed E-state index contributed by atoms with van der Waals surface area (Å²) in [6.07, 6.45) is 0. The van der Waals surface area contributed by atoms with E-state index in [-0.39, 0.29) is 5.56 Å². The normalized spacial score (nSPS) is 11.1. The van der Waals surface area contributed by atoms with Crippen molar-refractivity contribution in [3.63, 3.8) is 0 Å². The first-order valence-electron chi connectivity index (χ1n) is 5.90. The van der Waals surface area contributed by atoms with Gasteiger partial charge in [-0.25, -0.2) is 4.98 Å². The number of hydrogen-bond acceptors (Lipinski definition) is 4. The van der Waals surface area contributed by atoms with Gasteiger partial charge in [0.25, 0.3) is 5.56 Å². The summed E-state index contributed by atoms with van der Waals surface area (Å²) in [4.78, 5) is 19.2. The van der Waals surface area contributed by atoms with Crippen molar-refractivity contribution < 1.29 is 0 Å². The summed E-state index contributed by atoms with van der Waals surface area (Å²) in [5.41, 5.74) is 9.89. The van der Waals surface area contributed by atoms with Crippen molar-refractivity contribution in [2.24, 2.45) is 5.73 Å². The van der Waals surface area contributed by atoms with Crippen molar-refractivity contribution in [1.29, 1.82) is 0 Å². The van der Waals surface area contributed by atoms with Gasteiger partial charge in [-0.3, -0.25) is 4.79 Å². The summed E-state index contributed by atoms with van der Waals surface area (Å²) < 4.78 is 0. The fourth-order valence-electron chi connectivity index (χ4n) is 1.73. The minimum absolute atomic E-state index is 0.102. The quantitative estimate of drug-likeness (QED) is 0.824. The Kier molecular flexibility index (Phi) is 4.04. The molecule has 1 aromatic heterocycles. The van der Waals surface area contributed by atoms with E-state index < -0.39 is 0 Å². The fourth-order valence-corrected chi connectivity index (χ4v) is 2.43. The van der Waals surface area contributed by atoms with E-state index in [1.165, 1.54) is 5.56 Å². The molecule has 0 saturated heterocycles. The molecular weight excluding hydrogens is 246 g/mol. The van der Waals surface area contributed by atoms with E-state index >= 15 is 0 Å². The van der Waals surface area contributed by atoms with Crippen molar-refractivity contribution in [3.05, 3.63) is 39.3 Å². The molecule has 0 amide bonds. The summed E-state index contributed by atoms with van der Waals surface area (Å²) >= 11 is 1.63. The number of benzene rings is 1. The van der Waals surface area contributed by atoms with E-state index in [2.05, 4.69) is 9.97 Å². The first kappa shape index (κ1) is 13.1. The standard InChI is InChI=1S/C13H17N3OS/c1-8-5-10-11(6-9(8)2)16-13(17)12(15-10)7-18-4-3-14/h5-6H,3-4,7,14H2,1-2H3,(H,16,17). The van der Waals surface area contributed by atoms with Gasteiger partial charge in [0.2, 0.25) is 0 Å². The Bertz CT molecular complexity index is 621. The summed E-state index contributed by atoms with van der Waals surface area (Å²) in [6.45, 7) is 4.69. The van der Waals surface area contributed by atoms with Gasteiger partial charge in [-0.1, -0.05) is 0 Å². The van der Waals surface area contributed by atoms with Crippen molar-refractivity contribution in [2.75, 3.05) is 12.3 Å². The van der Waals surface area contributed by atoms with Gasteiger partial charge >= 0.3 is 0 Å². The van der Waals surface area contributed by atoms with Gasteiger partial charge in [0.05, 0.1) is 11.0 Å². The summed E-state index contributed by atoms with van der Waals surface area (Å²) in [6, 6.07) is 3.98. The molecule has 2 rings (SSSR count). The van der Waals surface area contributed by atoms with Gasteiger partial charge in [0.15, 0.2) is 0 Å². The molecular formula is C13H17N3OS. The van der Waals surface area contributed by atoms with Crippen LogP contribution in [0.1, 0.15) is 16.8 Å². The number of aromatic amines is 1. The van der Waals surface area contributed by atoms with Gasteiger partial charge in [-0.2, -0.15) is 11.8 Å². The van der Waals surface area contributed by atoms with Crippen LogP contribution in [0.5, 0.6) is 0 Å². The van der Waals surface area contributed by atoms with Crippen LogP contribution in [0.15, 0.2) is 16.9 Å². The zero-order chi connectivity index (χ0) is 13.1. The van der Waals surface area contributed by atoms with E-state index in [4.69, 9.17) is 5.73 Å². The Labute approximate surface area is 110 Å². The third-order valence-corrected chi connectivity index (χ3v) is 3.88. The third kappa shape index (κ3) is 2.73. The molecule has 5 heteroatoms. The Morgan fingerprint density at radius 3 is 2.78 bits per heavy atom. The lowest BCUT2D eigenvalue weighted by Gasteiger charge is -2.05. The van der Waals surface area contributed by atoms with Gasteiger partial charge in [-0.15, -0.1) is 0 Å². The second-order valence-electron chi connectivity index (χ2n) is 4.31. The monoisotopic (exact) mass is 263 g/mol. The van der Waals surface area contributed by atoms with Gasteiger partial charge in [0.1, 0.15) is 5.69 Å². The third-order valence-electron chi connectivity index (χ3n) is 2.88. The van der Waals surface area contributed by atoms with Crippen molar-refractivity contribution in [2.45, 2.75) is 19.6 Å². The van der Waals surface area contributed by atoms with E-state index in [0.717, 1.165) is 22.3 Å². The molecule has 1 heterocycles. The summed E-state index contributed by atoms with van der Waals surface area (Å²) in [5, 5.41) is 0. The molecule has 2 aromatic rings. The zero-order valence-corrected chi connectivity index (χ0v) is 11.4. The number of thioether (sulfide) groups is 1. The number of aryl methyl sites for hydroxylation is 2. The topological polar surface area (TPSA) is 71.8 Å². The van der Waals surface area contributed by atoms with Gasteiger partial charge in [0, 0.05) is 18.1 Å². The lowest BCUT2D eigenvalue weighted by atomic mass is 10.1. The van der Waals surface area contributed by atoms with Crippen molar-refractivity contribution in [3.8, 4) is 0 Å². The molecule has 0 aliphatic carbocycles. The molecule has 0 unspecified atom stereocenters. The van der Waals surface area contributed by atoms with Crippen molar-refractivity contribution >= 4 is 22.8 Å². The van der Waals surface area contributed by atoms with Crippen LogP contribution in [0.2, 0.25) is 0 Å². The second-order valence-corrected chi connectivity index (χ2v) is 5.41. The maximum absolute atomic E-state index is 11.9. The molecule has 4 nitrogen and oxygen atoms in total. The second kappa shape index (κ2) is 5.54. The van der Waals surface area contributed by atoms with Crippen LogP contribution in [0, 0.1) is 13.8 Å². The average Bonchev–Trinajstić information content (AvgIpc) is 2.33. The first-order chi connectivity index (χ1) is 8.61. The van der Waals surface area contributed by atoms with Crippen LogP contribution in [0.3, 0.4) is 0 Å². The first-order valence-corrected chi connectivity index (χ1v) is 7.05. The molecule has 18 heavy (non-hydrogen) atoms. The van der Waals surface area contributed by atoms with Crippen LogP contribution in [-0.4, -0.2) is 22.3 Å². The lowest BCUT2D eigenvalue weighted by molar-refractivity contribution is 1.09. The van der Waals surface area contributed by atoms with Crippen LogP contribution in [0.25, 0.3) is 11.0 Å². The SMILES string of the molecule is Cc1cc2nc(CSCCN)c(=O)[nH]c2cc1C. The average molecular weight is 263 g/mol. The lowest BCUT2D eigenvalue weighted by Crippen LogP contribution is -2.15. The van der Waals surface area contributed by atoms with Crippen LogP contribution in [-0.2, 0) is 5.75 Å². The summed E-state index contributed by atoms with van der Waals surface area (Å²) in [7, 11) is 0. The number of hydrogen-bond donors (Lipinski definition) is 2. The molecule has 3 N–H and O–H groups in total. The molecule has 96 valence electrons. The number of H-pyrrole nitrogens is 1. The minimum Gasteiger partial charge on any atom is -0.330 e. The van der Waals surface area contributed by atoms with E-state index in [1.54, 1.807) is 11.8 Å². The maximum Gasteiger partial charge on any atom is 0.270 e. The number of nitrogens with two attached hydrogens (primary N) is 1. The number of nitrogens with zero attached hydrogens (tertiary/aromatic N) is 1. The number of fused-ring (bicyclic) bond motifs is 1. The Balaban J connectivity index is 2.41. The van der Waals surface area contributed by atoms with E-state index in [0.29, 0.717) is 18.0 Å². The molecule has 0 radical (unpaired) electrons. The summed E-state index contributed by atoms with van der Waals surface area (Å²) in [5.74, 6) is 1.45. The van der Waals surface area contributed by atoms with Crippen molar-refractivity contribution in [1.82, 2.24) is 9.97 Å². The number of aromatic nitrogens is 2. The fraction of sp³-hybridized carbons (Fsp3) is 0.385. The molecule has 0 bridgehead atoms. The predicted octanol–water partition coefficient (Wildman–Crippen LogP) is 1.73. The van der Waals surface area contributed by atoms with E-state index in [1.807, 2.05) is 26.0 Å². The number of nitrogens with one attached hydrogen (secondary N) is 1. The van der Waals surface area contributed by atoms with Crippen LogP contribution < -0.4 is 11.3 Å². The highest BCUT2D eigenvalue weighted by atomic mass is 32.2. The minimum atomic E-state index is -0.102. The predicted molar refractivity (Wildman–Crippen MR) is 77.1 cm³/mol. The Morgan fingerprint density at radius 2 is 2.06 bits per heavy atom. The highest BCUT2D eigenvalue weighted by molar-refractivity contribution is 7.98. The molecule has 0 aliphatic rings. The number of rotatable bonds is 4. The van der Waals surface area contributed by atoms with Crippen LogP contribution >= 0.6 is 11.8 Å². The molecule has 0 aliphatic heterocycles. The smallest absolute Gasteiger partial charge is 0.270 e. The van der Waals surface area contributed by atoms with Gasteiger partial charge < -0.3 is 10.7 Å². The highest BCUT2D eigenvalue weighted by Crippen LogP contribution is 2.16. The molecule has 0 saturated carbocycles. The molecule has 0 spiro atoms. The largest absolute Gasteiger partial charge is 0.330 e. The Morgan fingerprint density at radius 1 is 1.33 bits per heavy atom. The van der Waals surface area contributed by atoms with E-state index in [9.17, 15) is 4.79 Å². The zero-order valence-electron chi connectivity index (χ0n) is 10.6. The molecule has 0 fully saturated rings. The van der Waals surface area contributed by atoms with Gasteiger partial charge in [-0.05, 0) is 37.1 Å². The molecule has 1 aromatic carbocycles. The molecule has 0 atom stereocenters. The highest BCUT2D eigenvalue weighted by Gasteiger charge is 2.06. The van der Waals surface area contributed by atoms with Crippen LogP contribution in [0.4, 0.5) is 0 Å². The Hall–Kier alpha value is -1.33. The maximum atomic E-state index is 11.9.